The fourth-order valence-electron chi connectivity index (χ4n) is 2.59. The van der Waals surface area contributed by atoms with Gasteiger partial charge in [0, 0.05) is 6.54 Å². The van der Waals surface area contributed by atoms with Crippen molar-refractivity contribution in [3.63, 3.8) is 0 Å². The van der Waals surface area contributed by atoms with Crippen LogP contribution in [-0.4, -0.2) is 51.4 Å². The Morgan fingerprint density at radius 2 is 1.88 bits per heavy atom. The number of amides is 2. The molecule has 0 aliphatic carbocycles. The summed E-state index contributed by atoms with van der Waals surface area (Å²) in [6, 6.07) is 9.23. The number of hydrogen-bond donors (Lipinski definition) is 1. The Balaban J connectivity index is 1.95. The lowest BCUT2D eigenvalue weighted by Gasteiger charge is -2.42. The third kappa shape index (κ3) is 6.14. The van der Waals surface area contributed by atoms with Gasteiger partial charge in [-0.05, 0) is 24.4 Å². The number of rotatable bonds is 5. The first-order chi connectivity index (χ1) is 12.1. The highest BCUT2D eigenvalue weighted by molar-refractivity contribution is 6.31. The highest BCUT2D eigenvalue weighted by Gasteiger charge is 2.39. The Bertz CT molecular complexity index is 628. The van der Waals surface area contributed by atoms with E-state index in [4.69, 9.17) is 9.16 Å². The van der Waals surface area contributed by atoms with E-state index in [2.05, 4.69) is 26.1 Å². The van der Waals surface area contributed by atoms with Crippen LogP contribution in [0.25, 0.3) is 0 Å². The Kier molecular flexibility index (Phi) is 6.47. The molecule has 1 N–H and O–H groups in total. The van der Waals surface area contributed by atoms with Crippen LogP contribution in [0.1, 0.15) is 40.2 Å². The second-order valence-corrected chi connectivity index (χ2v) is 11.2. The van der Waals surface area contributed by atoms with Gasteiger partial charge < -0.3 is 14.5 Å². The second kappa shape index (κ2) is 8.22. The Morgan fingerprint density at radius 3 is 2.50 bits per heavy atom. The highest BCUT2D eigenvalue weighted by atomic mass is 28.2. The van der Waals surface area contributed by atoms with E-state index < -0.39 is 21.5 Å². The van der Waals surface area contributed by atoms with Crippen molar-refractivity contribution >= 4 is 21.8 Å². The number of nitrogens with one attached hydrogen (secondary N) is 1. The van der Waals surface area contributed by atoms with Crippen LogP contribution in [-0.2, 0) is 20.6 Å². The standard InChI is InChI=1S/C19H30N2O4Si/c1-18(2,3)26-25-19(4,5)15-11-21(12-16(22)20-15)17(23)24-13-14-9-7-6-8-10-14/h6-10,15H,11-13,26H2,1-5H3,(H,20,22)/t15-/m1/s1. The lowest BCUT2D eigenvalue weighted by atomic mass is 9.97. The molecule has 2 rings (SSSR count). The minimum atomic E-state index is -0.783. The summed E-state index contributed by atoms with van der Waals surface area (Å²) in [6.45, 7) is 11.0. The SMILES string of the molecule is CC(C)(C)[SiH2]OC(C)(C)[C@H]1CN(C(=O)OCc2ccccc2)CC(=O)N1. The van der Waals surface area contributed by atoms with Gasteiger partial charge in [-0.25, -0.2) is 4.79 Å². The van der Waals surface area contributed by atoms with Crippen molar-refractivity contribution in [2.45, 2.75) is 57.9 Å². The van der Waals surface area contributed by atoms with Gasteiger partial charge in [-0.15, -0.1) is 0 Å². The maximum absolute atomic E-state index is 12.4. The van der Waals surface area contributed by atoms with Gasteiger partial charge in [0.2, 0.25) is 5.91 Å². The number of piperazine rings is 1. The average molecular weight is 379 g/mol. The van der Waals surface area contributed by atoms with E-state index in [1.807, 2.05) is 44.2 Å². The molecule has 7 heteroatoms. The van der Waals surface area contributed by atoms with Crippen molar-refractivity contribution in [1.82, 2.24) is 10.2 Å². The molecule has 0 spiro atoms. The molecule has 1 aliphatic heterocycles. The van der Waals surface area contributed by atoms with Gasteiger partial charge in [0.05, 0.1) is 11.6 Å². The quantitative estimate of drug-likeness (QED) is 0.798. The van der Waals surface area contributed by atoms with E-state index in [9.17, 15) is 9.59 Å². The lowest BCUT2D eigenvalue weighted by Crippen LogP contribution is -2.63. The molecule has 1 fully saturated rings. The summed E-state index contributed by atoms with van der Waals surface area (Å²) in [5.74, 6) is -0.188. The summed E-state index contributed by atoms with van der Waals surface area (Å²) in [5.41, 5.74) is 0.381. The number of hydrogen-bond acceptors (Lipinski definition) is 4. The zero-order valence-electron chi connectivity index (χ0n) is 16.4. The molecule has 144 valence electrons. The van der Waals surface area contributed by atoms with Gasteiger partial charge in [-0.3, -0.25) is 9.69 Å². The van der Waals surface area contributed by atoms with E-state index in [0.717, 1.165) is 5.56 Å². The fourth-order valence-corrected chi connectivity index (χ4v) is 3.60. The van der Waals surface area contributed by atoms with Gasteiger partial charge in [0.15, 0.2) is 9.76 Å². The Labute approximate surface area is 158 Å². The number of ether oxygens (including phenoxy) is 1. The van der Waals surface area contributed by atoms with Gasteiger partial charge in [0.25, 0.3) is 0 Å². The number of carbonyl (C=O) groups is 2. The summed E-state index contributed by atoms with van der Waals surface area (Å²) in [5, 5.41) is 3.12. The van der Waals surface area contributed by atoms with Crippen LogP contribution in [0.3, 0.4) is 0 Å². The Hall–Kier alpha value is -1.86. The molecule has 1 saturated heterocycles. The third-order valence-corrected chi connectivity index (χ3v) is 6.01. The maximum atomic E-state index is 12.4. The van der Waals surface area contributed by atoms with Crippen molar-refractivity contribution in [1.29, 1.82) is 0 Å². The monoisotopic (exact) mass is 378 g/mol. The van der Waals surface area contributed by atoms with E-state index in [1.165, 1.54) is 4.90 Å². The fraction of sp³-hybridized carbons (Fsp3) is 0.579. The molecule has 0 bridgehead atoms. The highest BCUT2D eigenvalue weighted by Crippen LogP contribution is 2.26. The molecule has 0 aromatic heterocycles. The van der Waals surface area contributed by atoms with Crippen molar-refractivity contribution in [3.8, 4) is 0 Å². The van der Waals surface area contributed by atoms with Crippen LogP contribution in [0, 0.1) is 0 Å². The van der Waals surface area contributed by atoms with E-state index in [1.54, 1.807) is 0 Å². The third-order valence-electron chi connectivity index (χ3n) is 4.25. The topological polar surface area (TPSA) is 67.9 Å². The van der Waals surface area contributed by atoms with Crippen molar-refractivity contribution < 1.29 is 18.8 Å². The minimum Gasteiger partial charge on any atom is -0.445 e. The van der Waals surface area contributed by atoms with E-state index in [0.29, 0.717) is 6.54 Å². The van der Waals surface area contributed by atoms with Crippen LogP contribution < -0.4 is 5.32 Å². The molecule has 26 heavy (non-hydrogen) atoms. The predicted octanol–water partition coefficient (Wildman–Crippen LogP) is 2.22. The summed E-state index contributed by atoms with van der Waals surface area (Å²) >= 11 is 0. The second-order valence-electron chi connectivity index (χ2n) is 8.49. The Morgan fingerprint density at radius 1 is 1.23 bits per heavy atom. The molecule has 1 aromatic carbocycles. The molecule has 1 atom stereocenters. The first-order valence-corrected chi connectivity index (χ1v) is 10.2. The smallest absolute Gasteiger partial charge is 0.410 e. The van der Waals surface area contributed by atoms with Crippen molar-refractivity contribution in [3.05, 3.63) is 35.9 Å². The van der Waals surface area contributed by atoms with E-state index in [-0.39, 0.29) is 30.1 Å². The average Bonchev–Trinajstić information content (AvgIpc) is 2.58. The molecular weight excluding hydrogens is 348 g/mol. The van der Waals surface area contributed by atoms with Gasteiger partial charge in [0.1, 0.15) is 13.2 Å². The zero-order chi connectivity index (χ0) is 19.4. The van der Waals surface area contributed by atoms with Crippen LogP contribution >= 0.6 is 0 Å². The van der Waals surface area contributed by atoms with Crippen LogP contribution in [0.4, 0.5) is 4.79 Å². The largest absolute Gasteiger partial charge is 0.445 e. The molecule has 1 aliphatic rings. The van der Waals surface area contributed by atoms with E-state index >= 15 is 0 Å². The molecule has 2 amide bonds. The summed E-state index contributed by atoms with van der Waals surface area (Å²) < 4.78 is 11.6. The normalized spacial score (nSPS) is 18.9. The first-order valence-electron chi connectivity index (χ1n) is 8.96. The lowest BCUT2D eigenvalue weighted by molar-refractivity contribution is -0.127. The van der Waals surface area contributed by atoms with Gasteiger partial charge >= 0.3 is 6.09 Å². The molecule has 0 unspecified atom stereocenters. The molecule has 6 nitrogen and oxygen atoms in total. The summed E-state index contributed by atoms with van der Waals surface area (Å²) in [7, 11) is -0.783. The predicted molar refractivity (Wildman–Crippen MR) is 104 cm³/mol. The van der Waals surface area contributed by atoms with Crippen molar-refractivity contribution in [2.24, 2.45) is 0 Å². The van der Waals surface area contributed by atoms with Gasteiger partial charge in [-0.1, -0.05) is 51.1 Å². The number of benzene rings is 1. The maximum Gasteiger partial charge on any atom is 0.410 e. The first kappa shape index (κ1) is 20.4. The molecule has 1 heterocycles. The minimum absolute atomic E-state index is 0.0108. The van der Waals surface area contributed by atoms with Crippen LogP contribution in [0.15, 0.2) is 30.3 Å². The zero-order valence-corrected chi connectivity index (χ0v) is 17.8. The number of nitrogens with zero attached hydrogens (tertiary/aromatic N) is 1. The molecule has 0 saturated carbocycles. The molecule has 1 aromatic rings. The van der Waals surface area contributed by atoms with Gasteiger partial charge in [-0.2, -0.15) is 0 Å². The van der Waals surface area contributed by atoms with Crippen LogP contribution in [0.2, 0.25) is 5.04 Å². The summed E-state index contributed by atoms with van der Waals surface area (Å²) in [6.07, 6.45) is -0.474. The number of carbonyl (C=O) groups excluding carboxylic acids is 2. The molecule has 0 radical (unpaired) electrons. The van der Waals surface area contributed by atoms with Crippen LogP contribution in [0.5, 0.6) is 0 Å². The summed E-state index contributed by atoms with van der Waals surface area (Å²) in [4.78, 5) is 26.0. The van der Waals surface area contributed by atoms with Crippen molar-refractivity contribution in [2.75, 3.05) is 13.1 Å². The molecular formula is C19H30N2O4Si.